The van der Waals surface area contributed by atoms with Gasteiger partial charge in [-0.2, -0.15) is 5.10 Å². The Morgan fingerprint density at radius 1 is 1.42 bits per heavy atom. The summed E-state index contributed by atoms with van der Waals surface area (Å²) in [4.78, 5) is 2.55. The minimum absolute atomic E-state index is 0.193. The molecule has 4 heteroatoms. The third kappa shape index (κ3) is 2.35. The number of fused-ring (bicyclic) bond motifs is 2. The highest BCUT2D eigenvalue weighted by Crippen LogP contribution is 2.33. The zero-order valence-corrected chi connectivity index (χ0v) is 11.8. The van der Waals surface area contributed by atoms with Gasteiger partial charge < -0.3 is 5.11 Å². The van der Waals surface area contributed by atoms with E-state index in [-0.39, 0.29) is 6.61 Å². The first-order valence-corrected chi connectivity index (χ1v) is 7.27. The van der Waals surface area contributed by atoms with E-state index < -0.39 is 0 Å². The number of aliphatic hydroxyl groups excluding tert-OH is 1. The summed E-state index contributed by atoms with van der Waals surface area (Å²) < 4.78 is 1.93. The van der Waals surface area contributed by atoms with Crippen molar-refractivity contribution in [3.63, 3.8) is 0 Å². The highest BCUT2D eigenvalue weighted by molar-refractivity contribution is 5.28. The largest absolute Gasteiger partial charge is 0.392 e. The molecule has 0 spiro atoms. The summed E-state index contributed by atoms with van der Waals surface area (Å²) >= 11 is 0. The van der Waals surface area contributed by atoms with Crippen molar-refractivity contribution in [3.05, 3.63) is 29.1 Å². The molecule has 1 aliphatic carbocycles. The standard InChI is InChI=1S/C15H23N3O/c1-3-4-18-8-11(10-19)5-12-6-14-13(7-15(12)18)9-17(2)16-14/h5,9,12,15,19H,3-4,6-8,10H2,1-2H3/t12-,15-/m0/s1. The van der Waals surface area contributed by atoms with Gasteiger partial charge in [0.2, 0.25) is 0 Å². The van der Waals surface area contributed by atoms with Crippen LogP contribution < -0.4 is 0 Å². The second kappa shape index (κ2) is 5.10. The second-order valence-corrected chi connectivity index (χ2v) is 5.87. The Kier molecular flexibility index (Phi) is 3.46. The van der Waals surface area contributed by atoms with E-state index in [9.17, 15) is 5.11 Å². The third-order valence-electron chi connectivity index (χ3n) is 4.38. The molecule has 1 aromatic heterocycles. The van der Waals surface area contributed by atoms with Gasteiger partial charge in [-0.25, -0.2) is 0 Å². The monoisotopic (exact) mass is 261 g/mol. The molecule has 104 valence electrons. The molecule has 0 fully saturated rings. The number of nitrogens with zero attached hydrogens (tertiary/aromatic N) is 3. The van der Waals surface area contributed by atoms with Gasteiger partial charge in [-0.15, -0.1) is 0 Å². The smallest absolute Gasteiger partial charge is 0.0663 e. The Morgan fingerprint density at radius 3 is 3.00 bits per heavy atom. The van der Waals surface area contributed by atoms with Crippen molar-refractivity contribution in [2.24, 2.45) is 13.0 Å². The van der Waals surface area contributed by atoms with Gasteiger partial charge in [0, 0.05) is 25.8 Å². The van der Waals surface area contributed by atoms with Crippen molar-refractivity contribution < 1.29 is 5.11 Å². The van der Waals surface area contributed by atoms with Crippen molar-refractivity contribution in [1.29, 1.82) is 0 Å². The highest BCUT2D eigenvalue weighted by Gasteiger charge is 2.35. The average Bonchev–Trinajstić information content (AvgIpc) is 2.75. The molecule has 4 nitrogen and oxygen atoms in total. The van der Waals surface area contributed by atoms with Gasteiger partial charge >= 0.3 is 0 Å². The molecule has 0 radical (unpaired) electrons. The molecule has 1 N–H and O–H groups in total. The molecule has 2 atom stereocenters. The van der Waals surface area contributed by atoms with Gasteiger partial charge in [0.15, 0.2) is 0 Å². The van der Waals surface area contributed by atoms with Crippen molar-refractivity contribution in [2.75, 3.05) is 19.7 Å². The molecule has 0 aromatic carbocycles. The van der Waals surface area contributed by atoms with Crippen molar-refractivity contribution in [3.8, 4) is 0 Å². The Labute approximate surface area is 114 Å². The van der Waals surface area contributed by atoms with Gasteiger partial charge in [0.25, 0.3) is 0 Å². The number of aryl methyl sites for hydroxylation is 1. The average molecular weight is 261 g/mol. The predicted molar refractivity (Wildman–Crippen MR) is 74.9 cm³/mol. The van der Waals surface area contributed by atoms with Crippen LogP contribution >= 0.6 is 0 Å². The zero-order valence-electron chi connectivity index (χ0n) is 11.8. The van der Waals surface area contributed by atoms with Crippen LogP contribution in [0.1, 0.15) is 24.6 Å². The first kappa shape index (κ1) is 12.9. The van der Waals surface area contributed by atoms with Crippen LogP contribution in [0.15, 0.2) is 17.8 Å². The lowest BCUT2D eigenvalue weighted by molar-refractivity contribution is 0.141. The summed E-state index contributed by atoms with van der Waals surface area (Å²) in [5.74, 6) is 0.518. The van der Waals surface area contributed by atoms with E-state index in [1.54, 1.807) is 0 Å². The minimum Gasteiger partial charge on any atom is -0.392 e. The molecule has 19 heavy (non-hydrogen) atoms. The molecule has 1 aromatic rings. The summed E-state index contributed by atoms with van der Waals surface area (Å²) in [7, 11) is 2.00. The molecule has 0 amide bonds. The van der Waals surface area contributed by atoms with Crippen LogP contribution in [0.5, 0.6) is 0 Å². The molecule has 0 saturated heterocycles. The van der Waals surface area contributed by atoms with Crippen molar-refractivity contribution in [2.45, 2.75) is 32.2 Å². The van der Waals surface area contributed by atoms with E-state index in [1.807, 2.05) is 11.7 Å². The van der Waals surface area contributed by atoms with Gasteiger partial charge in [0.05, 0.1) is 12.3 Å². The first-order chi connectivity index (χ1) is 9.21. The fourth-order valence-corrected chi connectivity index (χ4v) is 3.60. The topological polar surface area (TPSA) is 41.3 Å². The van der Waals surface area contributed by atoms with Crippen LogP contribution in [-0.4, -0.2) is 45.5 Å². The zero-order chi connectivity index (χ0) is 13.4. The van der Waals surface area contributed by atoms with E-state index >= 15 is 0 Å². The maximum atomic E-state index is 9.45. The first-order valence-electron chi connectivity index (χ1n) is 7.27. The summed E-state index contributed by atoms with van der Waals surface area (Å²) in [6, 6.07) is 0.590. The fourth-order valence-electron chi connectivity index (χ4n) is 3.60. The maximum Gasteiger partial charge on any atom is 0.0663 e. The Morgan fingerprint density at radius 2 is 2.26 bits per heavy atom. The Hall–Kier alpha value is -1.13. The molecule has 2 aliphatic rings. The number of hydrogen-bond donors (Lipinski definition) is 1. The quantitative estimate of drug-likeness (QED) is 0.830. The van der Waals surface area contributed by atoms with E-state index in [1.165, 1.54) is 23.3 Å². The normalized spacial score (nSPS) is 26.8. The van der Waals surface area contributed by atoms with E-state index in [0.717, 1.165) is 25.9 Å². The number of aromatic nitrogens is 2. The summed E-state index contributed by atoms with van der Waals surface area (Å²) in [6.45, 7) is 4.47. The van der Waals surface area contributed by atoms with E-state index in [0.29, 0.717) is 12.0 Å². The lowest BCUT2D eigenvalue weighted by Crippen LogP contribution is -2.49. The Bertz CT molecular complexity index is 492. The molecule has 0 saturated carbocycles. The van der Waals surface area contributed by atoms with Crippen LogP contribution in [-0.2, 0) is 19.9 Å². The lowest BCUT2D eigenvalue weighted by Gasteiger charge is -2.42. The molecule has 1 aliphatic heterocycles. The van der Waals surface area contributed by atoms with E-state index in [2.05, 4.69) is 29.2 Å². The summed E-state index contributed by atoms with van der Waals surface area (Å²) in [5, 5.41) is 14.0. The van der Waals surface area contributed by atoms with Crippen LogP contribution in [0.2, 0.25) is 0 Å². The summed E-state index contributed by atoms with van der Waals surface area (Å²) in [5.41, 5.74) is 3.83. The van der Waals surface area contributed by atoms with Gasteiger partial charge in [-0.05, 0) is 42.9 Å². The van der Waals surface area contributed by atoms with Crippen LogP contribution in [0, 0.1) is 5.92 Å². The van der Waals surface area contributed by atoms with Crippen molar-refractivity contribution >= 4 is 0 Å². The fraction of sp³-hybridized carbons (Fsp3) is 0.667. The maximum absolute atomic E-state index is 9.45. The minimum atomic E-state index is 0.193. The molecule has 2 heterocycles. The third-order valence-corrected chi connectivity index (χ3v) is 4.38. The van der Waals surface area contributed by atoms with Gasteiger partial charge in [-0.3, -0.25) is 9.58 Å². The predicted octanol–water partition coefficient (Wildman–Crippen LogP) is 1.15. The van der Waals surface area contributed by atoms with Gasteiger partial charge in [0.1, 0.15) is 0 Å². The molecule has 0 unspecified atom stereocenters. The highest BCUT2D eigenvalue weighted by atomic mass is 16.3. The molecule has 0 bridgehead atoms. The van der Waals surface area contributed by atoms with Gasteiger partial charge in [-0.1, -0.05) is 13.0 Å². The van der Waals surface area contributed by atoms with Crippen LogP contribution in [0.3, 0.4) is 0 Å². The van der Waals surface area contributed by atoms with Crippen LogP contribution in [0.4, 0.5) is 0 Å². The van der Waals surface area contributed by atoms with Crippen molar-refractivity contribution in [1.82, 2.24) is 14.7 Å². The SMILES string of the molecule is CCCN1CC(CO)=C[C@H]2Cc3nn(C)cc3C[C@@H]21. The molecular weight excluding hydrogens is 238 g/mol. The summed E-state index contributed by atoms with van der Waals surface area (Å²) in [6.07, 6.45) is 7.75. The van der Waals surface area contributed by atoms with E-state index in [4.69, 9.17) is 0 Å². The lowest BCUT2D eigenvalue weighted by atomic mass is 9.79. The number of rotatable bonds is 3. The number of hydrogen-bond acceptors (Lipinski definition) is 3. The molecule has 3 rings (SSSR count). The Balaban J connectivity index is 1.90. The molecular formula is C15H23N3O. The number of aliphatic hydroxyl groups is 1. The second-order valence-electron chi connectivity index (χ2n) is 5.87. The van der Waals surface area contributed by atoms with Crippen LogP contribution in [0.25, 0.3) is 0 Å².